The van der Waals surface area contributed by atoms with Gasteiger partial charge in [0.1, 0.15) is 12.2 Å². The minimum atomic E-state index is -1.86. The number of carbonyl (C=O) groups is 10. The van der Waals surface area contributed by atoms with Crippen LogP contribution in [0.25, 0.3) is 0 Å². The Morgan fingerprint density at radius 3 is 0.855 bits per heavy atom. The topological polar surface area (TPSA) is 281 Å². The van der Waals surface area contributed by atoms with Crippen molar-refractivity contribution in [1.29, 1.82) is 0 Å². The molecular weight excluding hydrogens is 738 g/mol. The first-order valence-electron chi connectivity index (χ1n) is 17.3. The molecule has 0 spiro atoms. The van der Waals surface area contributed by atoms with Gasteiger partial charge in [0, 0.05) is 81.6 Å². The zero-order valence-corrected chi connectivity index (χ0v) is 32.7. The van der Waals surface area contributed by atoms with E-state index in [1.54, 1.807) is 13.8 Å². The van der Waals surface area contributed by atoms with Gasteiger partial charge in [-0.25, -0.2) is 0 Å². The van der Waals surface area contributed by atoms with E-state index in [0.29, 0.717) is 0 Å². The van der Waals surface area contributed by atoms with E-state index in [2.05, 4.69) is 16.0 Å². The third kappa shape index (κ3) is 20.1. The molecule has 0 aromatic rings. The van der Waals surface area contributed by atoms with E-state index in [-0.39, 0.29) is 39.0 Å². The minimum absolute atomic E-state index is 0.0452. The summed E-state index contributed by atoms with van der Waals surface area (Å²) in [5, 5.41) is 7.88. The van der Waals surface area contributed by atoms with Gasteiger partial charge in [-0.15, -0.1) is 0 Å². The summed E-state index contributed by atoms with van der Waals surface area (Å²) in [5.74, 6) is -8.96. The normalized spacial score (nSPS) is 15.0. The van der Waals surface area contributed by atoms with Crippen LogP contribution in [-0.2, 0) is 85.8 Å². The first kappa shape index (κ1) is 49.7. The molecule has 3 N–H and O–H groups in total. The van der Waals surface area contributed by atoms with Crippen molar-refractivity contribution in [2.24, 2.45) is 0 Å². The molecule has 0 fully saturated rings. The molecule has 0 aliphatic heterocycles. The van der Waals surface area contributed by atoms with Crippen LogP contribution in [0.15, 0.2) is 0 Å². The first-order valence-corrected chi connectivity index (χ1v) is 17.3. The summed E-state index contributed by atoms with van der Waals surface area (Å²) in [7, 11) is 0. The molecule has 0 saturated heterocycles. The Morgan fingerprint density at radius 2 is 0.618 bits per heavy atom. The number of hydrogen-bond donors (Lipinski definition) is 3. The van der Waals surface area contributed by atoms with Gasteiger partial charge in [-0.1, -0.05) is 13.8 Å². The van der Waals surface area contributed by atoms with Crippen molar-refractivity contribution in [2.75, 3.05) is 26.2 Å². The Bertz CT molecular complexity index is 1270. The number of nitrogens with one attached hydrogen (secondary N) is 3. The van der Waals surface area contributed by atoms with Crippen molar-refractivity contribution in [3.05, 3.63) is 0 Å². The van der Waals surface area contributed by atoms with E-state index in [1.807, 2.05) is 0 Å². The Kier molecular flexibility index (Phi) is 23.1. The maximum atomic E-state index is 13.3. The van der Waals surface area contributed by atoms with Crippen LogP contribution in [-0.4, -0.2) is 135 Å². The van der Waals surface area contributed by atoms with Crippen LogP contribution < -0.4 is 16.0 Å². The zero-order chi connectivity index (χ0) is 42.4. The van der Waals surface area contributed by atoms with Crippen LogP contribution in [0.1, 0.15) is 82.1 Å². The van der Waals surface area contributed by atoms with Gasteiger partial charge in [0.2, 0.25) is 12.2 Å². The lowest BCUT2D eigenvalue weighted by Gasteiger charge is -2.34. The molecule has 0 aliphatic rings. The quantitative estimate of drug-likeness (QED) is 0.0605. The summed E-state index contributed by atoms with van der Waals surface area (Å²) in [4.78, 5) is 122. The molecule has 0 rings (SSSR count). The van der Waals surface area contributed by atoms with Gasteiger partial charge in [0.25, 0.3) is 11.8 Å². The fraction of sp³-hybridized carbons (Fsp3) is 0.706. The molecule has 21 nitrogen and oxygen atoms in total. The van der Waals surface area contributed by atoms with Crippen molar-refractivity contribution in [3.8, 4) is 0 Å². The van der Waals surface area contributed by atoms with Gasteiger partial charge in [0.15, 0.2) is 24.4 Å². The number of esters is 8. The molecule has 2 amide bonds. The third-order valence-corrected chi connectivity index (χ3v) is 6.93. The number of hydrogen-bond acceptors (Lipinski definition) is 19. The van der Waals surface area contributed by atoms with Crippen LogP contribution in [0.4, 0.5) is 0 Å². The van der Waals surface area contributed by atoms with Crippen molar-refractivity contribution < 1.29 is 85.8 Å². The van der Waals surface area contributed by atoms with E-state index >= 15 is 0 Å². The van der Waals surface area contributed by atoms with Gasteiger partial charge < -0.3 is 53.8 Å². The summed E-state index contributed by atoms with van der Waals surface area (Å²) in [6, 6.07) is 0. The molecule has 55 heavy (non-hydrogen) atoms. The molecule has 0 radical (unpaired) electrons. The summed E-state index contributed by atoms with van der Waals surface area (Å²) in [6.07, 6.45) is -12.6. The number of rotatable bonds is 24. The van der Waals surface area contributed by atoms with Gasteiger partial charge in [0.05, 0.1) is 0 Å². The Hall–Kier alpha value is -5.34. The van der Waals surface area contributed by atoms with E-state index in [9.17, 15) is 47.9 Å². The Labute approximate surface area is 318 Å². The molecular formula is C34H53N3O18. The molecule has 0 bridgehead atoms. The summed E-state index contributed by atoms with van der Waals surface area (Å²) >= 11 is 0. The van der Waals surface area contributed by atoms with E-state index in [4.69, 9.17) is 37.9 Å². The molecule has 0 aromatic carbocycles. The predicted molar refractivity (Wildman–Crippen MR) is 184 cm³/mol. The highest BCUT2D eigenvalue weighted by Crippen LogP contribution is 2.23. The lowest BCUT2D eigenvalue weighted by atomic mass is 9.99. The second kappa shape index (κ2) is 25.6. The summed E-state index contributed by atoms with van der Waals surface area (Å²) in [5.41, 5.74) is 0. The van der Waals surface area contributed by atoms with Crippen LogP contribution in [0.3, 0.4) is 0 Å². The highest BCUT2D eigenvalue weighted by molar-refractivity contribution is 5.85. The smallest absolute Gasteiger partial charge is 0.303 e. The number of amides is 2. The first-order chi connectivity index (χ1) is 25.6. The minimum Gasteiger partial charge on any atom is -0.458 e. The van der Waals surface area contributed by atoms with Gasteiger partial charge in [-0.3, -0.25) is 47.9 Å². The second-order valence-electron chi connectivity index (χ2n) is 11.8. The molecule has 312 valence electrons. The SMILES string of the molecule is CCC(OC(C)=O)C(OC(C)=O)C(OC(C)=O)C(OC(C)=O)C(=O)NCCNCCNC(=O)C(OC(C)=O)C(OC(C)=O)C(OC(C)=O)C(CC)OC(C)=O. The van der Waals surface area contributed by atoms with E-state index in [0.717, 1.165) is 55.4 Å². The highest BCUT2D eigenvalue weighted by atomic mass is 16.6. The molecule has 0 heterocycles. The fourth-order valence-corrected chi connectivity index (χ4v) is 5.04. The summed E-state index contributed by atoms with van der Waals surface area (Å²) < 4.78 is 42.0. The van der Waals surface area contributed by atoms with Crippen LogP contribution in [0.5, 0.6) is 0 Å². The van der Waals surface area contributed by atoms with Gasteiger partial charge >= 0.3 is 47.8 Å². The average Bonchev–Trinajstić information content (AvgIpc) is 3.05. The molecule has 0 aliphatic carbocycles. The van der Waals surface area contributed by atoms with E-state index in [1.165, 1.54) is 0 Å². The lowest BCUT2D eigenvalue weighted by Crippen LogP contribution is -2.56. The van der Waals surface area contributed by atoms with Crippen molar-refractivity contribution >= 4 is 59.6 Å². The highest BCUT2D eigenvalue weighted by Gasteiger charge is 2.47. The van der Waals surface area contributed by atoms with Crippen LogP contribution in [0.2, 0.25) is 0 Å². The molecule has 0 saturated carbocycles. The second-order valence-corrected chi connectivity index (χ2v) is 11.8. The van der Waals surface area contributed by atoms with E-state index < -0.39 is 108 Å². The fourth-order valence-electron chi connectivity index (χ4n) is 5.04. The number of carbonyl (C=O) groups excluding carboxylic acids is 10. The maximum absolute atomic E-state index is 13.3. The van der Waals surface area contributed by atoms with Crippen molar-refractivity contribution in [2.45, 2.75) is 131 Å². The van der Waals surface area contributed by atoms with Gasteiger partial charge in [-0.2, -0.15) is 0 Å². The summed E-state index contributed by atoms with van der Waals surface area (Å²) in [6.45, 7) is 11.2. The van der Waals surface area contributed by atoms with Gasteiger partial charge in [-0.05, 0) is 12.8 Å². The Morgan fingerprint density at radius 1 is 0.364 bits per heavy atom. The van der Waals surface area contributed by atoms with Crippen LogP contribution in [0, 0.1) is 0 Å². The standard InChI is InChI=1S/C34H53N3O18/c1-11-25(48-17(3)38)27(50-19(5)40)29(52-21(7)42)31(54-23(9)44)33(46)36-15-13-35-14-16-37-34(47)32(55-24(10)45)30(53-22(8)43)28(51-20(6)41)26(12-2)49-18(4)39/h25-32,35H,11-16H2,1-10H3,(H,36,46)(H,37,47). The maximum Gasteiger partial charge on any atom is 0.303 e. The van der Waals surface area contributed by atoms with Crippen molar-refractivity contribution in [3.63, 3.8) is 0 Å². The van der Waals surface area contributed by atoms with Crippen molar-refractivity contribution in [1.82, 2.24) is 16.0 Å². The molecule has 8 unspecified atom stereocenters. The third-order valence-electron chi connectivity index (χ3n) is 6.93. The Balaban J connectivity index is 5.88. The molecule has 0 aromatic heterocycles. The molecule has 21 heteroatoms. The average molecular weight is 792 g/mol. The zero-order valence-electron chi connectivity index (χ0n) is 32.7. The monoisotopic (exact) mass is 791 g/mol. The largest absolute Gasteiger partial charge is 0.458 e. The lowest BCUT2D eigenvalue weighted by molar-refractivity contribution is -0.199. The molecule has 8 atom stereocenters. The van der Waals surface area contributed by atoms with Crippen LogP contribution >= 0.6 is 0 Å². The number of ether oxygens (including phenoxy) is 8. The predicted octanol–water partition coefficient (Wildman–Crippen LogP) is -0.918.